The van der Waals surface area contributed by atoms with Crippen LogP contribution in [0.1, 0.15) is 16.2 Å². The first kappa shape index (κ1) is 21.0. The minimum Gasteiger partial charge on any atom is -0.493 e. The highest BCUT2D eigenvalue weighted by Gasteiger charge is 2.24. The molecule has 0 radical (unpaired) electrons. The second-order valence-corrected chi connectivity index (χ2v) is 7.93. The first-order chi connectivity index (χ1) is 16.1. The lowest BCUT2D eigenvalue weighted by atomic mass is 10.1. The molecular weight excluding hydrogens is 424 g/mol. The van der Waals surface area contributed by atoms with Crippen LogP contribution in [-0.4, -0.2) is 66.1 Å². The fourth-order valence-electron chi connectivity index (χ4n) is 4.20. The van der Waals surface area contributed by atoms with E-state index in [1.54, 1.807) is 32.4 Å². The van der Waals surface area contributed by atoms with Gasteiger partial charge in [-0.2, -0.15) is 0 Å². The Morgan fingerprint density at radius 1 is 1.06 bits per heavy atom. The lowest BCUT2D eigenvalue weighted by molar-refractivity contribution is 0.0625. The first-order valence-electron chi connectivity index (χ1n) is 10.7. The van der Waals surface area contributed by atoms with Gasteiger partial charge >= 0.3 is 0 Å². The Balaban J connectivity index is 1.28. The fourth-order valence-corrected chi connectivity index (χ4v) is 4.20. The number of nitrogens with one attached hydrogen (secondary N) is 1. The van der Waals surface area contributed by atoms with Crippen LogP contribution in [0.4, 0.5) is 0 Å². The summed E-state index contributed by atoms with van der Waals surface area (Å²) in [4.78, 5) is 37.0. The highest BCUT2D eigenvalue weighted by molar-refractivity contribution is 6.01. The maximum absolute atomic E-state index is 13.0. The minimum atomic E-state index is -0.284. The Labute approximate surface area is 189 Å². The van der Waals surface area contributed by atoms with Gasteiger partial charge in [-0.1, -0.05) is 12.1 Å². The van der Waals surface area contributed by atoms with Crippen LogP contribution in [0.15, 0.2) is 51.7 Å². The quantitative estimate of drug-likeness (QED) is 0.501. The van der Waals surface area contributed by atoms with Crippen LogP contribution < -0.4 is 15.0 Å². The molecule has 0 spiro atoms. The van der Waals surface area contributed by atoms with Gasteiger partial charge in [0.15, 0.2) is 11.5 Å². The van der Waals surface area contributed by atoms with Gasteiger partial charge in [0, 0.05) is 37.1 Å². The average Bonchev–Trinajstić information content (AvgIpc) is 3.23. The number of para-hydroxylation sites is 1. The Hall–Kier alpha value is -3.85. The van der Waals surface area contributed by atoms with E-state index in [-0.39, 0.29) is 17.0 Å². The molecule has 9 heteroatoms. The van der Waals surface area contributed by atoms with Crippen molar-refractivity contribution in [1.29, 1.82) is 0 Å². The summed E-state index contributed by atoms with van der Waals surface area (Å²) in [6, 6.07) is 12.7. The lowest BCUT2D eigenvalue weighted by Crippen LogP contribution is -2.48. The zero-order chi connectivity index (χ0) is 22.9. The molecule has 3 heterocycles. The third kappa shape index (κ3) is 3.91. The molecule has 1 aliphatic rings. The van der Waals surface area contributed by atoms with Crippen LogP contribution in [0.2, 0.25) is 0 Å². The molecule has 9 nitrogen and oxygen atoms in total. The molecule has 170 valence electrons. The summed E-state index contributed by atoms with van der Waals surface area (Å²) in [7, 11) is 3.11. The van der Waals surface area contributed by atoms with Gasteiger partial charge in [-0.3, -0.25) is 14.5 Å². The summed E-state index contributed by atoms with van der Waals surface area (Å²) in [5.74, 6) is 1.65. The molecule has 1 fully saturated rings. The number of fused-ring (bicyclic) bond motifs is 3. The van der Waals surface area contributed by atoms with E-state index in [4.69, 9.17) is 13.9 Å². The van der Waals surface area contributed by atoms with Crippen molar-refractivity contribution in [3.05, 3.63) is 64.2 Å². The molecule has 33 heavy (non-hydrogen) atoms. The van der Waals surface area contributed by atoms with Gasteiger partial charge in [-0.25, -0.2) is 4.98 Å². The smallest absolute Gasteiger partial charge is 0.294 e. The molecule has 1 saturated heterocycles. The van der Waals surface area contributed by atoms with Gasteiger partial charge < -0.3 is 23.8 Å². The van der Waals surface area contributed by atoms with Gasteiger partial charge in [-0.15, -0.1) is 0 Å². The Morgan fingerprint density at radius 2 is 1.82 bits per heavy atom. The number of hydrogen-bond donors (Lipinski definition) is 1. The highest BCUT2D eigenvalue weighted by Crippen LogP contribution is 2.28. The van der Waals surface area contributed by atoms with Crippen LogP contribution in [-0.2, 0) is 6.54 Å². The molecule has 1 aliphatic heterocycles. The predicted molar refractivity (Wildman–Crippen MR) is 123 cm³/mol. The van der Waals surface area contributed by atoms with Crippen LogP contribution in [0.25, 0.3) is 22.1 Å². The number of aromatic amines is 1. The molecule has 2 aromatic heterocycles. The third-order valence-electron chi connectivity index (χ3n) is 5.94. The molecule has 0 saturated carbocycles. The van der Waals surface area contributed by atoms with E-state index in [1.807, 2.05) is 29.2 Å². The summed E-state index contributed by atoms with van der Waals surface area (Å²) in [5, 5.41) is 0.824. The summed E-state index contributed by atoms with van der Waals surface area (Å²) in [6.07, 6.45) is 0. The number of H-pyrrole nitrogens is 1. The third-order valence-corrected chi connectivity index (χ3v) is 5.94. The number of nitrogens with zero attached hydrogens (tertiary/aromatic N) is 3. The number of carbonyl (C=O) groups excluding carboxylic acids is 1. The minimum absolute atomic E-state index is 0.0478. The average molecular weight is 448 g/mol. The van der Waals surface area contributed by atoms with Crippen molar-refractivity contribution < 1.29 is 18.7 Å². The summed E-state index contributed by atoms with van der Waals surface area (Å²) in [6.45, 7) is 2.99. The molecule has 0 aliphatic carbocycles. The van der Waals surface area contributed by atoms with Crippen molar-refractivity contribution >= 4 is 28.0 Å². The normalized spacial score (nSPS) is 14.7. The van der Waals surface area contributed by atoms with Crippen molar-refractivity contribution in [2.75, 3.05) is 40.4 Å². The first-order valence-corrected chi connectivity index (χ1v) is 10.7. The number of benzene rings is 2. The Kier molecular flexibility index (Phi) is 5.47. The van der Waals surface area contributed by atoms with Gasteiger partial charge in [0.25, 0.3) is 11.5 Å². The van der Waals surface area contributed by atoms with Crippen molar-refractivity contribution in [3.8, 4) is 11.5 Å². The largest absolute Gasteiger partial charge is 0.493 e. The van der Waals surface area contributed by atoms with E-state index in [1.165, 1.54) is 0 Å². The van der Waals surface area contributed by atoms with E-state index < -0.39 is 0 Å². The van der Waals surface area contributed by atoms with Crippen LogP contribution in [0, 0.1) is 0 Å². The molecule has 4 aromatic rings. The lowest BCUT2D eigenvalue weighted by Gasteiger charge is -2.34. The zero-order valence-electron chi connectivity index (χ0n) is 18.5. The van der Waals surface area contributed by atoms with Gasteiger partial charge in [0.2, 0.25) is 5.58 Å². The topological polar surface area (TPSA) is 101 Å². The van der Waals surface area contributed by atoms with Crippen LogP contribution in [0.5, 0.6) is 11.5 Å². The summed E-state index contributed by atoms with van der Waals surface area (Å²) in [5.41, 5.74) is 1.74. The standard InChI is InChI=1S/C24H24N4O5/c1-31-18-8-7-15(13-19(18)32-2)24(30)28-11-9-27(10-12-28)14-20-25-21-16-5-3-4-6-17(16)33-22(21)23(29)26-20/h3-8,13H,9-12,14H2,1-2H3,(H,25,26,29). The van der Waals surface area contributed by atoms with Crippen molar-refractivity contribution in [3.63, 3.8) is 0 Å². The predicted octanol–water partition coefficient (Wildman–Crippen LogP) is 2.64. The number of hydrogen-bond acceptors (Lipinski definition) is 7. The van der Waals surface area contributed by atoms with E-state index in [9.17, 15) is 9.59 Å². The number of amides is 1. The Morgan fingerprint density at radius 3 is 2.58 bits per heavy atom. The molecular formula is C24H24N4O5. The van der Waals surface area contributed by atoms with Crippen molar-refractivity contribution in [2.24, 2.45) is 0 Å². The van der Waals surface area contributed by atoms with Crippen molar-refractivity contribution in [2.45, 2.75) is 6.54 Å². The van der Waals surface area contributed by atoms with E-state index in [0.29, 0.717) is 66.7 Å². The number of ether oxygens (including phenoxy) is 2. The molecule has 0 atom stereocenters. The molecule has 5 rings (SSSR count). The van der Waals surface area contributed by atoms with E-state index in [0.717, 1.165) is 5.39 Å². The molecule has 2 aromatic carbocycles. The number of furan rings is 1. The van der Waals surface area contributed by atoms with E-state index >= 15 is 0 Å². The second-order valence-electron chi connectivity index (χ2n) is 7.93. The molecule has 0 unspecified atom stereocenters. The van der Waals surface area contributed by atoms with Gasteiger partial charge in [0.1, 0.15) is 16.9 Å². The number of rotatable bonds is 5. The van der Waals surface area contributed by atoms with Gasteiger partial charge in [-0.05, 0) is 30.3 Å². The maximum atomic E-state index is 13.0. The molecule has 1 N–H and O–H groups in total. The SMILES string of the molecule is COc1ccc(C(=O)N2CCN(Cc3nc4c(oc5ccccc54)c(=O)[nH]3)CC2)cc1OC. The van der Waals surface area contributed by atoms with Crippen LogP contribution in [0.3, 0.4) is 0 Å². The number of aromatic nitrogens is 2. The van der Waals surface area contributed by atoms with E-state index in [2.05, 4.69) is 14.9 Å². The highest BCUT2D eigenvalue weighted by atomic mass is 16.5. The Bertz CT molecular complexity index is 1380. The summed E-state index contributed by atoms with van der Waals surface area (Å²) < 4.78 is 16.2. The number of piperazine rings is 1. The van der Waals surface area contributed by atoms with Crippen LogP contribution >= 0.6 is 0 Å². The second kappa shape index (κ2) is 8.59. The van der Waals surface area contributed by atoms with Gasteiger partial charge in [0.05, 0.1) is 20.8 Å². The number of carbonyl (C=O) groups is 1. The zero-order valence-corrected chi connectivity index (χ0v) is 18.5. The summed E-state index contributed by atoms with van der Waals surface area (Å²) >= 11 is 0. The monoisotopic (exact) mass is 448 g/mol. The van der Waals surface area contributed by atoms with Crippen molar-refractivity contribution in [1.82, 2.24) is 19.8 Å². The fraction of sp³-hybridized carbons (Fsp3) is 0.292. The molecule has 0 bridgehead atoms. The number of methoxy groups -OCH3 is 2. The molecule has 1 amide bonds. The maximum Gasteiger partial charge on any atom is 0.294 e.